The van der Waals surface area contributed by atoms with E-state index in [0.717, 1.165) is 49.9 Å². The Morgan fingerprint density at radius 2 is 2.16 bits per heavy atom. The van der Waals surface area contributed by atoms with E-state index in [2.05, 4.69) is 16.4 Å². The average molecular weight is 258 g/mol. The number of hydrogen-bond acceptors (Lipinski definition) is 4. The number of benzene rings is 1. The Bertz CT molecular complexity index is 566. The van der Waals surface area contributed by atoms with Gasteiger partial charge in [0.1, 0.15) is 11.3 Å². The second-order valence-electron chi connectivity index (χ2n) is 5.27. The van der Waals surface area contributed by atoms with Crippen LogP contribution < -0.4 is 5.32 Å². The van der Waals surface area contributed by atoms with Crippen molar-refractivity contribution in [1.82, 2.24) is 10.3 Å². The highest BCUT2D eigenvalue weighted by molar-refractivity contribution is 5.79. The Hall–Kier alpha value is -1.68. The molecule has 0 aliphatic heterocycles. The zero-order valence-corrected chi connectivity index (χ0v) is 10.9. The fourth-order valence-electron chi connectivity index (χ4n) is 2.63. The highest BCUT2D eigenvalue weighted by Crippen LogP contribution is 2.20. The third-order valence-corrected chi connectivity index (χ3v) is 3.82. The molecule has 2 aromatic rings. The van der Waals surface area contributed by atoms with Crippen LogP contribution in [0.1, 0.15) is 31.2 Å². The lowest BCUT2D eigenvalue weighted by atomic mass is 9.88. The summed E-state index contributed by atoms with van der Waals surface area (Å²) in [5, 5.41) is 3.47. The van der Waals surface area contributed by atoms with Crippen LogP contribution in [0.2, 0.25) is 0 Å². The zero-order valence-electron chi connectivity index (χ0n) is 10.9. The Balaban J connectivity index is 1.50. The normalized spacial score (nSPS) is 17.2. The van der Waals surface area contributed by atoms with Gasteiger partial charge < -0.3 is 9.73 Å². The number of nitrogens with one attached hydrogen (secondary N) is 1. The molecule has 1 saturated carbocycles. The van der Waals surface area contributed by atoms with Gasteiger partial charge in [0, 0.05) is 19.4 Å². The molecular weight excluding hydrogens is 240 g/mol. The number of carbonyl (C=O) groups excluding carboxylic acids is 1. The van der Waals surface area contributed by atoms with E-state index in [1.807, 2.05) is 12.1 Å². The number of nitrogens with zero attached hydrogens (tertiary/aromatic N) is 1. The number of oxazole rings is 1. The van der Waals surface area contributed by atoms with Gasteiger partial charge in [-0.15, -0.1) is 0 Å². The minimum atomic E-state index is 0.423. The minimum absolute atomic E-state index is 0.423. The van der Waals surface area contributed by atoms with E-state index in [1.165, 1.54) is 12.0 Å². The number of aromatic nitrogens is 1. The number of ketones is 1. The molecular formula is C15H18N2O2. The Morgan fingerprint density at radius 3 is 3.00 bits per heavy atom. The summed E-state index contributed by atoms with van der Waals surface area (Å²) in [6.45, 7) is 1.82. The van der Waals surface area contributed by atoms with Crippen LogP contribution in [0, 0.1) is 5.92 Å². The monoisotopic (exact) mass is 258 g/mol. The van der Waals surface area contributed by atoms with Crippen molar-refractivity contribution >= 4 is 16.9 Å². The van der Waals surface area contributed by atoms with Gasteiger partial charge >= 0.3 is 0 Å². The van der Waals surface area contributed by atoms with Crippen LogP contribution in [0.3, 0.4) is 0 Å². The predicted octanol–water partition coefficient (Wildman–Crippen LogP) is 2.68. The van der Waals surface area contributed by atoms with Crippen molar-refractivity contribution in [3.8, 4) is 0 Å². The summed E-state index contributed by atoms with van der Waals surface area (Å²) < 4.78 is 5.29. The Labute approximate surface area is 112 Å². The smallest absolute Gasteiger partial charge is 0.181 e. The van der Waals surface area contributed by atoms with Gasteiger partial charge in [-0.1, -0.05) is 6.07 Å². The maximum atomic E-state index is 11.2. The standard InChI is InChI=1S/C15H18N2O2/c18-13-4-1-11(2-5-13)8-16-9-12-3-6-14-15(7-12)19-10-17-14/h3,6-7,10-11,16H,1-2,4-5,8-9H2. The summed E-state index contributed by atoms with van der Waals surface area (Å²) in [7, 11) is 0. The van der Waals surface area contributed by atoms with Crippen LogP contribution in [0.15, 0.2) is 29.0 Å². The second-order valence-corrected chi connectivity index (χ2v) is 5.27. The topological polar surface area (TPSA) is 55.1 Å². The van der Waals surface area contributed by atoms with Crippen LogP contribution >= 0.6 is 0 Å². The molecule has 0 atom stereocenters. The van der Waals surface area contributed by atoms with Gasteiger partial charge in [-0.25, -0.2) is 4.98 Å². The largest absolute Gasteiger partial charge is 0.443 e. The van der Waals surface area contributed by atoms with E-state index in [4.69, 9.17) is 4.42 Å². The summed E-state index contributed by atoms with van der Waals surface area (Å²) in [5.41, 5.74) is 2.94. The molecule has 100 valence electrons. The third kappa shape index (κ3) is 3.01. The van der Waals surface area contributed by atoms with Crippen molar-refractivity contribution in [1.29, 1.82) is 0 Å². The highest BCUT2D eigenvalue weighted by Gasteiger charge is 2.17. The lowest BCUT2D eigenvalue weighted by Crippen LogP contribution is -2.26. The first-order valence-corrected chi connectivity index (χ1v) is 6.86. The molecule has 1 aliphatic carbocycles. The van der Waals surface area contributed by atoms with Gasteiger partial charge in [0.05, 0.1) is 0 Å². The van der Waals surface area contributed by atoms with Crippen molar-refractivity contribution < 1.29 is 9.21 Å². The van der Waals surface area contributed by atoms with Crippen LogP contribution in [0.4, 0.5) is 0 Å². The van der Waals surface area contributed by atoms with Crippen LogP contribution in [0.25, 0.3) is 11.1 Å². The molecule has 1 N–H and O–H groups in total. The molecule has 1 aliphatic rings. The summed E-state index contributed by atoms with van der Waals surface area (Å²) in [6, 6.07) is 6.08. The molecule has 3 rings (SSSR count). The lowest BCUT2D eigenvalue weighted by molar-refractivity contribution is -0.120. The molecule has 0 bridgehead atoms. The summed E-state index contributed by atoms with van der Waals surface area (Å²) in [6.07, 6.45) is 5.06. The van der Waals surface area contributed by atoms with Crippen molar-refractivity contribution in [3.63, 3.8) is 0 Å². The van der Waals surface area contributed by atoms with Gasteiger partial charge in [0.15, 0.2) is 12.0 Å². The average Bonchev–Trinajstić information content (AvgIpc) is 2.88. The van der Waals surface area contributed by atoms with Crippen molar-refractivity contribution in [2.75, 3.05) is 6.54 Å². The quantitative estimate of drug-likeness (QED) is 0.916. The van der Waals surface area contributed by atoms with E-state index in [0.29, 0.717) is 11.7 Å². The van der Waals surface area contributed by atoms with Crippen LogP contribution in [-0.4, -0.2) is 17.3 Å². The van der Waals surface area contributed by atoms with Crippen molar-refractivity contribution in [2.45, 2.75) is 32.2 Å². The summed E-state index contributed by atoms with van der Waals surface area (Å²) >= 11 is 0. The molecule has 1 heterocycles. The maximum absolute atomic E-state index is 11.2. The number of rotatable bonds is 4. The molecule has 0 saturated heterocycles. The van der Waals surface area contributed by atoms with E-state index in [1.54, 1.807) is 0 Å². The first-order valence-electron chi connectivity index (χ1n) is 6.86. The fraction of sp³-hybridized carbons (Fsp3) is 0.467. The molecule has 4 heteroatoms. The van der Waals surface area contributed by atoms with E-state index < -0.39 is 0 Å². The molecule has 1 fully saturated rings. The molecule has 0 unspecified atom stereocenters. The van der Waals surface area contributed by atoms with Crippen LogP contribution in [0.5, 0.6) is 0 Å². The molecule has 4 nitrogen and oxygen atoms in total. The van der Waals surface area contributed by atoms with Crippen LogP contribution in [-0.2, 0) is 11.3 Å². The molecule has 19 heavy (non-hydrogen) atoms. The second kappa shape index (κ2) is 5.53. The van der Waals surface area contributed by atoms with Gasteiger partial charge in [-0.3, -0.25) is 4.79 Å². The number of hydrogen-bond donors (Lipinski definition) is 1. The minimum Gasteiger partial charge on any atom is -0.443 e. The molecule has 0 amide bonds. The Kier molecular flexibility index (Phi) is 3.60. The molecule has 0 radical (unpaired) electrons. The molecule has 0 spiro atoms. The number of carbonyl (C=O) groups is 1. The van der Waals surface area contributed by atoms with Gasteiger partial charge in [0.2, 0.25) is 0 Å². The van der Waals surface area contributed by atoms with Gasteiger partial charge in [-0.2, -0.15) is 0 Å². The van der Waals surface area contributed by atoms with Gasteiger partial charge in [-0.05, 0) is 43.0 Å². The van der Waals surface area contributed by atoms with Crippen molar-refractivity contribution in [2.24, 2.45) is 5.92 Å². The number of Topliss-reactive ketones (excluding diaryl/α,β-unsaturated/α-hetero) is 1. The predicted molar refractivity (Wildman–Crippen MR) is 72.7 cm³/mol. The third-order valence-electron chi connectivity index (χ3n) is 3.82. The maximum Gasteiger partial charge on any atom is 0.181 e. The fourth-order valence-corrected chi connectivity index (χ4v) is 2.63. The van der Waals surface area contributed by atoms with E-state index in [9.17, 15) is 4.79 Å². The van der Waals surface area contributed by atoms with E-state index in [-0.39, 0.29) is 0 Å². The van der Waals surface area contributed by atoms with Gasteiger partial charge in [0.25, 0.3) is 0 Å². The lowest BCUT2D eigenvalue weighted by Gasteiger charge is -2.21. The first kappa shape index (κ1) is 12.4. The SMILES string of the molecule is O=C1CCC(CNCc2ccc3ncoc3c2)CC1. The number of fused-ring (bicyclic) bond motifs is 1. The first-order chi connectivity index (χ1) is 9.31. The van der Waals surface area contributed by atoms with Crippen molar-refractivity contribution in [3.05, 3.63) is 30.2 Å². The Morgan fingerprint density at radius 1 is 1.32 bits per heavy atom. The van der Waals surface area contributed by atoms with E-state index >= 15 is 0 Å². The zero-order chi connectivity index (χ0) is 13.1. The highest BCUT2D eigenvalue weighted by atomic mass is 16.3. The summed E-state index contributed by atoms with van der Waals surface area (Å²) in [5.74, 6) is 1.07. The molecule has 1 aromatic heterocycles. The summed E-state index contributed by atoms with van der Waals surface area (Å²) in [4.78, 5) is 15.3. The molecule has 1 aromatic carbocycles.